The molecule has 3 amide bonds. The zero-order valence-corrected chi connectivity index (χ0v) is 48.8. The summed E-state index contributed by atoms with van der Waals surface area (Å²) in [5.41, 5.74) is 10.3. The minimum absolute atomic E-state index is 0.0625. The second-order valence-electron chi connectivity index (χ2n) is 21.7. The van der Waals surface area contributed by atoms with E-state index in [-0.39, 0.29) is 32.0 Å². The van der Waals surface area contributed by atoms with E-state index >= 15 is 4.79 Å². The SMILES string of the molecule is COc1ccc(C(NCCCC[C@H](NC(=O)OCC2c3ccccc3-c3ccccc32)C(=O)N[C@@H](CCCCNC(c2ccccc2)(c2ccccc2)c2ccc(OC)cc2)C(=O)Nc2ccc(CO)cc2)(c2ccccc2)c2ccccc2)cc1. The van der Waals surface area contributed by atoms with Gasteiger partial charge in [-0.1, -0.05) is 206 Å². The summed E-state index contributed by atoms with van der Waals surface area (Å²) in [4.78, 5) is 43.8. The average molecular weight is 1150 g/mol. The lowest BCUT2D eigenvalue weighted by Gasteiger charge is -2.37. The molecule has 12 nitrogen and oxygen atoms in total. The molecule has 1 aliphatic rings. The standard InChI is InChI=1S/C74H75N5O7/c1-84-61-45-39-58(40-46-61)73(54-23-7-3-8-24-54,55-25-9-4-10-26-55)75-49-21-19-35-68(70(81)77-60-43-37-53(51-80)38-44-60)78-71(82)69(79-72(83)86-52-67-65-33-17-15-31-63(65)64-32-16-18-34-66(64)67)36-20-22-50-76-74(56-27-11-5-12-28-56,57-29-13-6-14-30-57)59-41-47-62(85-2)48-42-59/h3-18,23-34,37-48,67-69,75-76,80H,19-22,35-36,49-52H2,1-2H3,(H,77,81)(H,78,82)(H,79,83)/t68-,69-/m0/s1. The molecule has 0 radical (unpaired) electrons. The molecule has 438 valence electrons. The molecule has 9 aromatic carbocycles. The van der Waals surface area contributed by atoms with Crippen LogP contribution in [-0.2, 0) is 32.0 Å². The van der Waals surface area contributed by atoms with Crippen LogP contribution in [-0.4, -0.2) is 69.0 Å². The smallest absolute Gasteiger partial charge is 0.407 e. The van der Waals surface area contributed by atoms with Crippen molar-refractivity contribution in [1.29, 1.82) is 0 Å². The van der Waals surface area contributed by atoms with E-state index in [4.69, 9.17) is 14.2 Å². The number of benzene rings is 9. The highest BCUT2D eigenvalue weighted by atomic mass is 16.5. The van der Waals surface area contributed by atoms with Gasteiger partial charge in [0.1, 0.15) is 30.2 Å². The average Bonchev–Trinajstić information content (AvgIpc) is 2.61. The second-order valence-corrected chi connectivity index (χ2v) is 21.7. The number of alkyl carbamates (subject to hydrolysis) is 1. The van der Waals surface area contributed by atoms with Crippen molar-refractivity contribution >= 4 is 23.6 Å². The van der Waals surface area contributed by atoms with Crippen molar-refractivity contribution in [1.82, 2.24) is 21.3 Å². The maximum atomic E-state index is 15.0. The van der Waals surface area contributed by atoms with Gasteiger partial charge in [-0.15, -0.1) is 0 Å². The van der Waals surface area contributed by atoms with Crippen LogP contribution in [0.4, 0.5) is 10.5 Å². The van der Waals surface area contributed by atoms with Crippen molar-refractivity contribution in [2.75, 3.05) is 39.2 Å². The van der Waals surface area contributed by atoms with Crippen LogP contribution in [0.1, 0.15) is 94.5 Å². The van der Waals surface area contributed by atoms with Crippen molar-refractivity contribution in [2.45, 2.75) is 74.2 Å². The molecule has 9 aromatic rings. The fourth-order valence-corrected chi connectivity index (χ4v) is 12.1. The summed E-state index contributed by atoms with van der Waals surface area (Å²) in [5, 5.41) is 26.8. The van der Waals surface area contributed by atoms with Crippen LogP contribution in [0.5, 0.6) is 11.5 Å². The van der Waals surface area contributed by atoms with Crippen LogP contribution in [0, 0.1) is 0 Å². The largest absolute Gasteiger partial charge is 0.497 e. The minimum Gasteiger partial charge on any atom is -0.497 e. The predicted molar refractivity (Wildman–Crippen MR) is 340 cm³/mol. The van der Waals surface area contributed by atoms with Gasteiger partial charge in [0, 0.05) is 11.6 Å². The Morgan fingerprint density at radius 1 is 0.442 bits per heavy atom. The number of aliphatic hydroxyl groups excluding tert-OH is 1. The Morgan fingerprint density at radius 2 is 0.826 bits per heavy atom. The van der Waals surface area contributed by atoms with Gasteiger partial charge in [-0.3, -0.25) is 20.2 Å². The van der Waals surface area contributed by atoms with Crippen molar-refractivity contribution < 1.29 is 33.7 Å². The van der Waals surface area contributed by atoms with Crippen LogP contribution in [0.25, 0.3) is 11.1 Å². The van der Waals surface area contributed by atoms with E-state index in [1.807, 2.05) is 121 Å². The molecule has 10 rings (SSSR count). The van der Waals surface area contributed by atoms with Gasteiger partial charge in [-0.25, -0.2) is 4.79 Å². The number of hydrogen-bond donors (Lipinski definition) is 6. The van der Waals surface area contributed by atoms with Gasteiger partial charge in [-0.05, 0) is 149 Å². The van der Waals surface area contributed by atoms with E-state index < -0.39 is 41.1 Å². The third kappa shape index (κ3) is 13.8. The van der Waals surface area contributed by atoms with Crippen LogP contribution in [0.15, 0.2) is 243 Å². The molecule has 0 saturated heterocycles. The molecule has 2 atom stereocenters. The van der Waals surface area contributed by atoms with Crippen molar-refractivity contribution in [3.8, 4) is 22.6 Å². The highest BCUT2D eigenvalue weighted by Gasteiger charge is 2.38. The van der Waals surface area contributed by atoms with Crippen LogP contribution in [0.3, 0.4) is 0 Å². The number of fused-ring (bicyclic) bond motifs is 3. The summed E-state index contributed by atoms with van der Waals surface area (Å²) in [7, 11) is 3.32. The first-order chi connectivity index (χ1) is 42.2. The second kappa shape index (κ2) is 29.0. The summed E-state index contributed by atoms with van der Waals surface area (Å²) < 4.78 is 17.2. The monoisotopic (exact) mass is 1150 g/mol. The number of rotatable bonds is 28. The zero-order valence-electron chi connectivity index (χ0n) is 48.8. The molecule has 0 spiro atoms. The van der Waals surface area contributed by atoms with Crippen LogP contribution < -0.4 is 36.1 Å². The number of aliphatic hydroxyl groups is 1. The summed E-state index contributed by atoms with van der Waals surface area (Å²) >= 11 is 0. The van der Waals surface area contributed by atoms with E-state index in [0.29, 0.717) is 50.0 Å². The van der Waals surface area contributed by atoms with Gasteiger partial charge < -0.3 is 35.3 Å². The Balaban J connectivity index is 0.891. The van der Waals surface area contributed by atoms with E-state index in [2.05, 4.69) is 124 Å². The fourth-order valence-electron chi connectivity index (χ4n) is 12.1. The van der Waals surface area contributed by atoms with Crippen molar-refractivity contribution in [3.05, 3.63) is 293 Å². The highest BCUT2D eigenvalue weighted by molar-refractivity contribution is 5.98. The number of hydrogen-bond acceptors (Lipinski definition) is 9. The minimum atomic E-state index is -1.07. The lowest BCUT2D eigenvalue weighted by Crippen LogP contribution is -2.53. The first-order valence-electron chi connectivity index (χ1n) is 29.7. The Bertz CT molecular complexity index is 3480. The number of ether oxygens (including phenoxy) is 3. The van der Waals surface area contributed by atoms with Crippen LogP contribution >= 0.6 is 0 Å². The van der Waals surface area contributed by atoms with Gasteiger partial charge in [0.15, 0.2) is 0 Å². The molecule has 0 aliphatic heterocycles. The molecule has 0 aromatic heterocycles. The molecule has 0 bridgehead atoms. The first-order valence-corrected chi connectivity index (χ1v) is 29.7. The number of unbranched alkanes of at least 4 members (excludes halogenated alkanes) is 2. The summed E-state index contributed by atoms with van der Waals surface area (Å²) in [6.07, 6.45) is 2.14. The molecule has 0 unspecified atom stereocenters. The topological polar surface area (TPSA) is 159 Å². The van der Waals surface area contributed by atoms with Gasteiger partial charge in [-0.2, -0.15) is 0 Å². The van der Waals surface area contributed by atoms with E-state index in [9.17, 15) is 14.7 Å². The molecular weight excluding hydrogens is 1070 g/mol. The number of nitrogens with one attached hydrogen (secondary N) is 5. The van der Waals surface area contributed by atoms with Crippen molar-refractivity contribution in [2.24, 2.45) is 0 Å². The van der Waals surface area contributed by atoms with Gasteiger partial charge >= 0.3 is 6.09 Å². The number of carbonyl (C=O) groups is 3. The Kier molecular flexibility index (Phi) is 20.2. The van der Waals surface area contributed by atoms with Gasteiger partial charge in [0.25, 0.3) is 0 Å². The summed E-state index contributed by atoms with van der Waals surface area (Å²) in [6.45, 7) is 1.01. The quantitative estimate of drug-likeness (QED) is 0.0207. The van der Waals surface area contributed by atoms with E-state index in [1.165, 1.54) is 0 Å². The summed E-state index contributed by atoms with van der Waals surface area (Å²) in [5.74, 6) is 0.391. The highest BCUT2D eigenvalue weighted by Crippen LogP contribution is 2.45. The first kappa shape index (κ1) is 59.8. The Hall–Kier alpha value is -9.33. The maximum Gasteiger partial charge on any atom is 0.407 e. The van der Waals surface area contributed by atoms with E-state index in [0.717, 1.165) is 67.1 Å². The molecule has 6 N–H and O–H groups in total. The summed E-state index contributed by atoms with van der Waals surface area (Å²) in [6, 6.07) is 78.8. The third-order valence-electron chi connectivity index (χ3n) is 16.5. The molecule has 0 saturated carbocycles. The van der Waals surface area contributed by atoms with Crippen LogP contribution in [0.2, 0.25) is 0 Å². The normalized spacial score (nSPS) is 12.7. The Labute approximate surface area is 505 Å². The van der Waals surface area contributed by atoms with Crippen molar-refractivity contribution in [3.63, 3.8) is 0 Å². The number of methoxy groups -OCH3 is 2. The predicted octanol–water partition coefficient (Wildman–Crippen LogP) is 13.0. The zero-order chi connectivity index (χ0) is 59.6. The molecule has 0 fully saturated rings. The van der Waals surface area contributed by atoms with Gasteiger partial charge in [0.05, 0.1) is 31.9 Å². The number of amides is 3. The molecule has 12 heteroatoms. The lowest BCUT2D eigenvalue weighted by molar-refractivity contribution is -0.128. The maximum absolute atomic E-state index is 15.0. The van der Waals surface area contributed by atoms with E-state index in [1.54, 1.807) is 38.5 Å². The molecule has 86 heavy (non-hydrogen) atoms. The number of carbonyl (C=O) groups excluding carboxylic acids is 3. The van der Waals surface area contributed by atoms with Gasteiger partial charge in [0.2, 0.25) is 11.8 Å². The lowest BCUT2D eigenvalue weighted by atomic mass is 9.77. The Morgan fingerprint density at radius 3 is 1.23 bits per heavy atom. The number of anilines is 1. The fraction of sp³-hybridized carbons (Fsp3) is 0.230. The molecular formula is C74H75N5O7. The molecule has 0 heterocycles. The third-order valence-corrected chi connectivity index (χ3v) is 16.5. The molecule has 1 aliphatic carbocycles.